The molecular weight excluding hydrogens is 219 g/mol. The summed E-state index contributed by atoms with van der Waals surface area (Å²) in [6.07, 6.45) is -4.16. The van der Waals surface area contributed by atoms with Gasteiger partial charge in [-0.2, -0.15) is 13.2 Å². The van der Waals surface area contributed by atoms with Crippen LogP contribution in [0.4, 0.5) is 13.2 Å². The van der Waals surface area contributed by atoms with E-state index in [4.69, 9.17) is 4.74 Å². The molecule has 0 spiro atoms. The fourth-order valence-corrected chi connectivity index (χ4v) is 1.34. The Morgan fingerprint density at radius 1 is 1.25 bits per heavy atom. The van der Waals surface area contributed by atoms with Crippen LogP contribution in [0.25, 0.3) is 0 Å². The summed E-state index contributed by atoms with van der Waals surface area (Å²) in [6, 6.07) is 7.28. The Bertz CT molecular complexity index is 325. The van der Waals surface area contributed by atoms with Gasteiger partial charge in [-0.15, -0.1) is 0 Å². The van der Waals surface area contributed by atoms with Crippen LogP contribution in [-0.2, 0) is 17.9 Å². The van der Waals surface area contributed by atoms with Gasteiger partial charge in [-0.3, -0.25) is 0 Å². The molecule has 90 valence electrons. The van der Waals surface area contributed by atoms with Gasteiger partial charge in [-0.05, 0) is 11.1 Å². The van der Waals surface area contributed by atoms with Crippen LogP contribution in [0.1, 0.15) is 11.1 Å². The molecule has 0 aliphatic heterocycles. The third-order valence-corrected chi connectivity index (χ3v) is 1.96. The van der Waals surface area contributed by atoms with Crippen molar-refractivity contribution in [2.45, 2.75) is 19.3 Å². The Morgan fingerprint density at radius 2 is 1.94 bits per heavy atom. The zero-order valence-electron chi connectivity index (χ0n) is 8.97. The van der Waals surface area contributed by atoms with Gasteiger partial charge in [0.15, 0.2) is 0 Å². The lowest BCUT2D eigenvalue weighted by Crippen LogP contribution is -2.28. The lowest BCUT2D eigenvalue weighted by atomic mass is 10.1. The van der Waals surface area contributed by atoms with E-state index in [1.165, 1.54) is 0 Å². The molecule has 0 heterocycles. The Balaban J connectivity index is 2.44. The zero-order chi connectivity index (χ0) is 12.0. The second-order valence-corrected chi connectivity index (χ2v) is 3.47. The molecule has 0 radical (unpaired) electrons. The Morgan fingerprint density at radius 3 is 2.56 bits per heavy atom. The molecule has 2 nitrogen and oxygen atoms in total. The summed E-state index contributed by atoms with van der Waals surface area (Å²) < 4.78 is 40.6. The number of nitrogens with one attached hydrogen (secondary N) is 1. The van der Waals surface area contributed by atoms with E-state index in [9.17, 15) is 13.2 Å². The molecule has 1 N–H and O–H groups in total. The summed E-state index contributed by atoms with van der Waals surface area (Å²) in [5.41, 5.74) is 1.77. The average Bonchev–Trinajstić information content (AvgIpc) is 2.17. The Kier molecular flexibility index (Phi) is 4.76. The highest BCUT2D eigenvalue weighted by molar-refractivity contribution is 5.22. The predicted octanol–water partition coefficient (Wildman–Crippen LogP) is 2.48. The number of hydrogen-bond acceptors (Lipinski definition) is 2. The van der Waals surface area contributed by atoms with E-state index < -0.39 is 12.7 Å². The molecular formula is C11H14F3NO. The summed E-state index contributed by atoms with van der Waals surface area (Å²) in [5.74, 6) is 0. The van der Waals surface area contributed by atoms with Gasteiger partial charge in [0.05, 0.1) is 13.2 Å². The molecule has 0 fully saturated rings. The van der Waals surface area contributed by atoms with Crippen LogP contribution in [0.5, 0.6) is 0 Å². The fourth-order valence-electron chi connectivity index (χ4n) is 1.34. The second kappa shape index (κ2) is 5.86. The molecule has 0 saturated heterocycles. The number of rotatable bonds is 5. The minimum atomic E-state index is -4.16. The maximum absolute atomic E-state index is 11.9. The molecule has 0 bridgehead atoms. The van der Waals surface area contributed by atoms with Gasteiger partial charge in [0.25, 0.3) is 0 Å². The van der Waals surface area contributed by atoms with Crippen LogP contribution in [-0.4, -0.2) is 19.8 Å². The molecule has 0 aromatic heterocycles. The summed E-state index contributed by atoms with van der Waals surface area (Å²) in [6.45, 7) is -0.300. The van der Waals surface area contributed by atoms with Crippen molar-refractivity contribution in [1.82, 2.24) is 5.32 Å². The van der Waals surface area contributed by atoms with Crippen molar-refractivity contribution in [1.29, 1.82) is 0 Å². The van der Waals surface area contributed by atoms with E-state index in [0.29, 0.717) is 6.61 Å². The van der Waals surface area contributed by atoms with Gasteiger partial charge in [0, 0.05) is 13.7 Å². The monoisotopic (exact) mass is 233 g/mol. The maximum atomic E-state index is 11.9. The smallest absolute Gasteiger partial charge is 0.380 e. The minimum Gasteiger partial charge on any atom is -0.380 e. The molecule has 0 amide bonds. The topological polar surface area (TPSA) is 21.3 Å². The van der Waals surface area contributed by atoms with E-state index >= 15 is 0 Å². The first-order valence-electron chi connectivity index (χ1n) is 4.85. The van der Waals surface area contributed by atoms with Crippen LogP contribution in [0.15, 0.2) is 24.3 Å². The van der Waals surface area contributed by atoms with Gasteiger partial charge in [-0.25, -0.2) is 0 Å². The van der Waals surface area contributed by atoms with Crippen LogP contribution < -0.4 is 5.32 Å². The second-order valence-electron chi connectivity index (χ2n) is 3.47. The molecule has 5 heteroatoms. The number of halogens is 3. The summed E-state index contributed by atoms with van der Waals surface area (Å²) in [4.78, 5) is 0. The highest BCUT2D eigenvalue weighted by Gasteiger charge is 2.25. The highest BCUT2D eigenvalue weighted by Crippen LogP contribution is 2.13. The zero-order valence-corrected chi connectivity index (χ0v) is 8.97. The molecule has 0 saturated carbocycles. The highest BCUT2D eigenvalue weighted by atomic mass is 19.4. The lowest BCUT2D eigenvalue weighted by molar-refractivity contribution is -0.125. The summed E-state index contributed by atoms with van der Waals surface area (Å²) in [7, 11) is 1.58. The first-order valence-corrected chi connectivity index (χ1v) is 4.85. The van der Waals surface area contributed by atoms with Crippen molar-refractivity contribution in [3.05, 3.63) is 35.4 Å². The average molecular weight is 233 g/mol. The summed E-state index contributed by atoms with van der Waals surface area (Å²) >= 11 is 0. The first kappa shape index (κ1) is 13.0. The number of hydrogen-bond donors (Lipinski definition) is 1. The van der Waals surface area contributed by atoms with Crippen molar-refractivity contribution < 1.29 is 17.9 Å². The fraction of sp³-hybridized carbons (Fsp3) is 0.455. The van der Waals surface area contributed by atoms with Gasteiger partial charge < -0.3 is 10.1 Å². The number of alkyl halides is 3. The number of methoxy groups -OCH3 is 1. The number of ether oxygens (including phenoxy) is 1. The standard InChI is InChI=1S/C11H14F3NO/c1-16-7-10-4-2-3-9(5-10)6-15-8-11(12,13)14/h2-5,15H,6-8H2,1H3. The normalized spacial score (nSPS) is 11.8. The lowest BCUT2D eigenvalue weighted by Gasteiger charge is -2.09. The van der Waals surface area contributed by atoms with Gasteiger partial charge in [0.1, 0.15) is 0 Å². The molecule has 0 atom stereocenters. The molecule has 0 aliphatic rings. The van der Waals surface area contributed by atoms with E-state index in [2.05, 4.69) is 5.32 Å². The SMILES string of the molecule is COCc1cccc(CNCC(F)(F)F)c1. The Hall–Kier alpha value is -1.07. The van der Waals surface area contributed by atoms with Crippen LogP contribution in [0.2, 0.25) is 0 Å². The quantitative estimate of drug-likeness (QED) is 0.843. The predicted molar refractivity (Wildman–Crippen MR) is 54.9 cm³/mol. The minimum absolute atomic E-state index is 0.205. The van der Waals surface area contributed by atoms with Gasteiger partial charge in [-0.1, -0.05) is 24.3 Å². The number of benzene rings is 1. The van der Waals surface area contributed by atoms with Crippen molar-refractivity contribution in [3.63, 3.8) is 0 Å². The summed E-state index contributed by atoms with van der Waals surface area (Å²) in [5, 5.41) is 2.35. The van der Waals surface area contributed by atoms with E-state index in [1.807, 2.05) is 12.1 Å². The van der Waals surface area contributed by atoms with Gasteiger partial charge >= 0.3 is 6.18 Å². The molecule has 1 rings (SSSR count). The van der Waals surface area contributed by atoms with E-state index in [1.54, 1.807) is 19.2 Å². The molecule has 1 aromatic rings. The molecule has 1 aromatic carbocycles. The van der Waals surface area contributed by atoms with E-state index in [-0.39, 0.29) is 6.54 Å². The molecule has 0 unspecified atom stereocenters. The van der Waals surface area contributed by atoms with Gasteiger partial charge in [0.2, 0.25) is 0 Å². The van der Waals surface area contributed by atoms with Crippen molar-refractivity contribution in [3.8, 4) is 0 Å². The van der Waals surface area contributed by atoms with Crippen LogP contribution >= 0.6 is 0 Å². The molecule has 0 aliphatic carbocycles. The Labute approximate surface area is 92.4 Å². The van der Waals surface area contributed by atoms with Crippen LogP contribution in [0, 0.1) is 0 Å². The third kappa shape index (κ3) is 5.14. The van der Waals surface area contributed by atoms with Crippen LogP contribution in [0.3, 0.4) is 0 Å². The van der Waals surface area contributed by atoms with Crippen molar-refractivity contribution in [2.75, 3.05) is 13.7 Å². The van der Waals surface area contributed by atoms with Crippen molar-refractivity contribution in [2.24, 2.45) is 0 Å². The third-order valence-electron chi connectivity index (χ3n) is 1.96. The van der Waals surface area contributed by atoms with E-state index in [0.717, 1.165) is 11.1 Å². The largest absolute Gasteiger partial charge is 0.401 e. The molecule has 16 heavy (non-hydrogen) atoms. The van der Waals surface area contributed by atoms with Crippen molar-refractivity contribution >= 4 is 0 Å². The first-order chi connectivity index (χ1) is 7.51. The maximum Gasteiger partial charge on any atom is 0.401 e.